The maximum absolute atomic E-state index is 13.0. The lowest BCUT2D eigenvalue weighted by Gasteiger charge is -2.24. The van der Waals surface area contributed by atoms with E-state index in [4.69, 9.17) is 11.6 Å². The van der Waals surface area contributed by atoms with Gasteiger partial charge in [-0.3, -0.25) is 0 Å². The van der Waals surface area contributed by atoms with Crippen LogP contribution in [-0.2, 0) is 16.4 Å². The molecule has 0 aliphatic carbocycles. The zero-order valence-electron chi connectivity index (χ0n) is 12.8. The van der Waals surface area contributed by atoms with E-state index >= 15 is 0 Å². The molecule has 0 spiro atoms. The predicted octanol–water partition coefficient (Wildman–Crippen LogP) is 4.34. The van der Waals surface area contributed by atoms with Crippen molar-refractivity contribution in [3.05, 3.63) is 64.7 Å². The minimum Gasteiger partial charge on any atom is -0.207 e. The van der Waals surface area contributed by atoms with Crippen LogP contribution in [0.5, 0.6) is 0 Å². The van der Waals surface area contributed by atoms with Crippen LogP contribution in [0.25, 0.3) is 0 Å². The molecule has 0 bridgehead atoms. The van der Waals surface area contributed by atoms with Gasteiger partial charge in [0.2, 0.25) is 10.0 Å². The number of aryl methyl sites for hydroxylation is 1. The summed E-state index contributed by atoms with van der Waals surface area (Å²) in [6, 6.07) is 14.6. The highest BCUT2D eigenvalue weighted by molar-refractivity contribution is 8.01. The second-order valence-electron chi connectivity index (χ2n) is 5.36. The van der Waals surface area contributed by atoms with Crippen LogP contribution in [0, 0.1) is 0 Å². The van der Waals surface area contributed by atoms with Crippen molar-refractivity contribution in [2.75, 3.05) is 12.3 Å². The average Bonchev–Trinajstić information content (AvgIpc) is 3.05. The van der Waals surface area contributed by atoms with Gasteiger partial charge in [0.05, 0.1) is 10.3 Å². The Kier molecular flexibility index (Phi) is 5.01. The molecule has 0 aromatic heterocycles. The van der Waals surface area contributed by atoms with Crippen LogP contribution >= 0.6 is 23.4 Å². The average molecular weight is 368 g/mol. The Morgan fingerprint density at radius 3 is 2.52 bits per heavy atom. The Labute approximate surface area is 146 Å². The van der Waals surface area contributed by atoms with E-state index in [9.17, 15) is 8.42 Å². The zero-order valence-corrected chi connectivity index (χ0v) is 15.2. The molecule has 0 radical (unpaired) electrons. The predicted molar refractivity (Wildman–Crippen MR) is 96.4 cm³/mol. The van der Waals surface area contributed by atoms with Crippen molar-refractivity contribution >= 4 is 33.4 Å². The number of halogens is 1. The molecule has 1 saturated heterocycles. The summed E-state index contributed by atoms with van der Waals surface area (Å²) in [7, 11) is -3.52. The summed E-state index contributed by atoms with van der Waals surface area (Å²) >= 11 is 7.88. The summed E-state index contributed by atoms with van der Waals surface area (Å²) in [5.41, 5.74) is 1.98. The second kappa shape index (κ2) is 6.85. The van der Waals surface area contributed by atoms with Crippen LogP contribution in [0.2, 0.25) is 5.02 Å². The van der Waals surface area contributed by atoms with Crippen LogP contribution in [0.1, 0.15) is 23.4 Å². The quantitative estimate of drug-likeness (QED) is 0.806. The highest BCUT2D eigenvalue weighted by atomic mass is 35.5. The fourth-order valence-electron chi connectivity index (χ4n) is 2.65. The molecule has 1 heterocycles. The van der Waals surface area contributed by atoms with E-state index in [1.54, 1.807) is 34.3 Å². The fourth-order valence-corrected chi connectivity index (χ4v) is 6.23. The molecule has 2 aromatic rings. The second-order valence-corrected chi connectivity index (χ2v) is 8.84. The molecule has 1 fully saturated rings. The molecule has 0 amide bonds. The number of hydrogen-bond acceptors (Lipinski definition) is 3. The van der Waals surface area contributed by atoms with E-state index in [0.717, 1.165) is 23.3 Å². The van der Waals surface area contributed by atoms with Crippen LogP contribution in [0.15, 0.2) is 53.4 Å². The number of thioether (sulfide) groups is 1. The first-order valence-corrected chi connectivity index (χ1v) is 10.4. The van der Waals surface area contributed by atoms with Crippen molar-refractivity contribution in [2.45, 2.75) is 23.6 Å². The molecule has 23 heavy (non-hydrogen) atoms. The number of hydrogen-bond donors (Lipinski definition) is 0. The van der Waals surface area contributed by atoms with Crippen LogP contribution in [-0.4, -0.2) is 25.0 Å². The first-order chi connectivity index (χ1) is 11.0. The molecule has 122 valence electrons. The van der Waals surface area contributed by atoms with Gasteiger partial charge >= 0.3 is 0 Å². The van der Waals surface area contributed by atoms with Gasteiger partial charge in [-0.2, -0.15) is 4.31 Å². The van der Waals surface area contributed by atoms with Crippen molar-refractivity contribution in [3.8, 4) is 0 Å². The SMILES string of the molecule is CCc1ccc(S(=O)(=O)N2CCS[C@@H]2c2ccccc2Cl)cc1. The van der Waals surface area contributed by atoms with Gasteiger partial charge < -0.3 is 0 Å². The molecule has 2 aromatic carbocycles. The van der Waals surface area contributed by atoms with Crippen LogP contribution in [0.3, 0.4) is 0 Å². The summed E-state index contributed by atoms with van der Waals surface area (Å²) in [5, 5.41) is 0.341. The summed E-state index contributed by atoms with van der Waals surface area (Å²) in [6.07, 6.45) is 0.891. The smallest absolute Gasteiger partial charge is 0.207 e. The maximum Gasteiger partial charge on any atom is 0.244 e. The van der Waals surface area contributed by atoms with Crippen molar-refractivity contribution in [3.63, 3.8) is 0 Å². The third-order valence-corrected chi connectivity index (χ3v) is 7.56. The molecule has 0 N–H and O–H groups in total. The van der Waals surface area contributed by atoms with Crippen LogP contribution < -0.4 is 0 Å². The third kappa shape index (κ3) is 3.29. The van der Waals surface area contributed by atoms with Gasteiger partial charge in [0.1, 0.15) is 0 Å². The molecule has 0 saturated carbocycles. The minimum absolute atomic E-state index is 0.264. The van der Waals surface area contributed by atoms with Gasteiger partial charge in [0, 0.05) is 17.3 Å². The molecule has 3 rings (SSSR count). The highest BCUT2D eigenvalue weighted by Gasteiger charge is 2.37. The molecule has 1 atom stereocenters. The Balaban J connectivity index is 1.96. The maximum atomic E-state index is 13.0. The largest absolute Gasteiger partial charge is 0.244 e. The Bertz CT molecular complexity index is 790. The van der Waals surface area contributed by atoms with E-state index in [-0.39, 0.29) is 5.37 Å². The monoisotopic (exact) mass is 367 g/mol. The van der Waals surface area contributed by atoms with Gasteiger partial charge in [0.15, 0.2) is 0 Å². The number of sulfonamides is 1. The Hall–Kier alpha value is -1.01. The number of benzene rings is 2. The van der Waals surface area contributed by atoms with Gasteiger partial charge in [-0.05, 0) is 35.7 Å². The summed E-state index contributed by atoms with van der Waals surface area (Å²) in [6.45, 7) is 2.55. The minimum atomic E-state index is -3.52. The van der Waals surface area contributed by atoms with Crippen molar-refractivity contribution in [1.82, 2.24) is 4.31 Å². The molecule has 1 aliphatic rings. The van der Waals surface area contributed by atoms with Gasteiger partial charge in [-0.15, -0.1) is 11.8 Å². The molecule has 0 unspecified atom stereocenters. The topological polar surface area (TPSA) is 37.4 Å². The first kappa shape index (κ1) is 16.8. The standard InChI is InChI=1S/C17H18ClNO2S2/c1-2-13-7-9-14(10-8-13)23(20,21)19-11-12-22-17(19)15-5-3-4-6-16(15)18/h3-10,17H,2,11-12H2,1H3/t17-/m1/s1. The van der Waals surface area contributed by atoms with E-state index in [1.807, 2.05) is 37.3 Å². The summed E-state index contributed by atoms with van der Waals surface area (Å²) < 4.78 is 27.6. The summed E-state index contributed by atoms with van der Waals surface area (Å²) in [4.78, 5) is 0.342. The highest BCUT2D eigenvalue weighted by Crippen LogP contribution is 2.43. The first-order valence-electron chi connectivity index (χ1n) is 7.51. The van der Waals surface area contributed by atoms with Gasteiger partial charge in [-0.1, -0.05) is 48.9 Å². The van der Waals surface area contributed by atoms with E-state index < -0.39 is 10.0 Å². The van der Waals surface area contributed by atoms with E-state index in [1.165, 1.54) is 0 Å². The lowest BCUT2D eigenvalue weighted by Crippen LogP contribution is -2.30. The Morgan fingerprint density at radius 2 is 1.87 bits per heavy atom. The fraction of sp³-hybridized carbons (Fsp3) is 0.294. The number of nitrogens with zero attached hydrogens (tertiary/aromatic N) is 1. The summed E-state index contributed by atoms with van der Waals surface area (Å²) in [5.74, 6) is 0.766. The van der Waals surface area contributed by atoms with Crippen molar-refractivity contribution in [2.24, 2.45) is 0 Å². The molecule has 6 heteroatoms. The lowest BCUT2D eigenvalue weighted by atomic mass is 10.2. The molecule has 3 nitrogen and oxygen atoms in total. The van der Waals surface area contributed by atoms with Crippen molar-refractivity contribution < 1.29 is 8.42 Å². The lowest BCUT2D eigenvalue weighted by molar-refractivity contribution is 0.434. The van der Waals surface area contributed by atoms with E-state index in [0.29, 0.717) is 16.5 Å². The zero-order chi connectivity index (χ0) is 16.4. The van der Waals surface area contributed by atoms with Crippen molar-refractivity contribution in [1.29, 1.82) is 0 Å². The van der Waals surface area contributed by atoms with Crippen LogP contribution in [0.4, 0.5) is 0 Å². The van der Waals surface area contributed by atoms with Gasteiger partial charge in [0.25, 0.3) is 0 Å². The number of rotatable bonds is 4. The van der Waals surface area contributed by atoms with Gasteiger partial charge in [-0.25, -0.2) is 8.42 Å². The molecular weight excluding hydrogens is 350 g/mol. The molecular formula is C17H18ClNO2S2. The molecule has 1 aliphatic heterocycles. The third-order valence-electron chi connectivity index (χ3n) is 3.96. The Morgan fingerprint density at radius 1 is 1.17 bits per heavy atom. The van der Waals surface area contributed by atoms with E-state index in [2.05, 4.69) is 0 Å². The normalized spacial score (nSPS) is 19.1.